The third kappa shape index (κ3) is 4.77. The molecule has 1 aromatic rings. The molecule has 0 aliphatic carbocycles. The highest BCUT2D eigenvalue weighted by Gasteiger charge is 2.29. The van der Waals surface area contributed by atoms with Crippen molar-refractivity contribution in [2.45, 2.75) is 26.4 Å². The molecule has 0 unspecified atom stereocenters. The van der Waals surface area contributed by atoms with Gasteiger partial charge in [0.05, 0.1) is 0 Å². The van der Waals surface area contributed by atoms with E-state index in [2.05, 4.69) is 0 Å². The van der Waals surface area contributed by atoms with Gasteiger partial charge in [-0.2, -0.15) is 4.31 Å². The van der Waals surface area contributed by atoms with Crippen LogP contribution in [-0.4, -0.2) is 38.5 Å². The Morgan fingerprint density at radius 1 is 1.15 bits per heavy atom. The summed E-state index contributed by atoms with van der Waals surface area (Å²) in [5.74, 6) is 0. The van der Waals surface area contributed by atoms with E-state index in [1.54, 1.807) is 38.1 Å². The molecule has 0 aliphatic rings. The molecule has 0 heterocycles. The van der Waals surface area contributed by atoms with Gasteiger partial charge in [-0.3, -0.25) is 0 Å². The van der Waals surface area contributed by atoms with E-state index in [1.165, 1.54) is 0 Å². The number of anilines is 1. The van der Waals surface area contributed by atoms with Crippen LogP contribution >= 0.6 is 0 Å². The molecule has 0 saturated heterocycles. The Morgan fingerprint density at radius 2 is 1.70 bits per heavy atom. The summed E-state index contributed by atoms with van der Waals surface area (Å²) in [6.45, 7) is 3.44. The summed E-state index contributed by atoms with van der Waals surface area (Å²) in [4.78, 5) is 0. The molecule has 0 amide bonds. The lowest BCUT2D eigenvalue weighted by Crippen LogP contribution is -2.39. The van der Waals surface area contributed by atoms with Crippen LogP contribution in [0.3, 0.4) is 0 Å². The molecule has 0 bridgehead atoms. The van der Waals surface area contributed by atoms with E-state index < -0.39 is 24.9 Å². The maximum Gasteiger partial charge on any atom is 0.229 e. The Hall–Kier alpha value is -1.12. The van der Waals surface area contributed by atoms with E-state index in [0.717, 1.165) is 10.6 Å². The highest BCUT2D eigenvalue weighted by Crippen LogP contribution is 2.19. The Labute approximate surface area is 120 Å². The molecule has 8 heteroatoms. The first-order valence-corrected chi connectivity index (χ1v) is 9.70. The van der Waals surface area contributed by atoms with Crippen molar-refractivity contribution in [3.63, 3.8) is 0 Å². The number of sulfonamides is 1. The lowest BCUT2D eigenvalue weighted by molar-refractivity contribution is 0.350. The van der Waals surface area contributed by atoms with E-state index in [1.807, 2.05) is 0 Å². The molecule has 6 nitrogen and oxygen atoms in total. The van der Waals surface area contributed by atoms with Crippen molar-refractivity contribution in [3.8, 4) is 0 Å². The van der Waals surface area contributed by atoms with Crippen LogP contribution in [0.2, 0.25) is 0 Å². The maximum atomic E-state index is 12.2. The van der Waals surface area contributed by atoms with Gasteiger partial charge in [-0.1, -0.05) is 18.2 Å². The van der Waals surface area contributed by atoms with Gasteiger partial charge < -0.3 is 5.73 Å². The number of nitrogens with two attached hydrogens (primary N) is 1. The van der Waals surface area contributed by atoms with Crippen molar-refractivity contribution in [3.05, 3.63) is 29.8 Å². The van der Waals surface area contributed by atoms with Crippen molar-refractivity contribution in [2.24, 2.45) is 0 Å². The molecule has 0 fully saturated rings. The molecule has 0 aliphatic heterocycles. The molecule has 0 radical (unpaired) electrons. The van der Waals surface area contributed by atoms with Gasteiger partial charge in [-0.15, -0.1) is 0 Å². The van der Waals surface area contributed by atoms with Crippen LogP contribution in [0.4, 0.5) is 5.69 Å². The number of para-hydroxylation sites is 1. The quantitative estimate of drug-likeness (QED) is 0.782. The summed E-state index contributed by atoms with van der Waals surface area (Å²) >= 11 is 0. The van der Waals surface area contributed by atoms with Gasteiger partial charge in [0.1, 0.15) is 0 Å². The zero-order chi connectivity index (χ0) is 15.6. The van der Waals surface area contributed by atoms with Gasteiger partial charge in [-0.05, 0) is 25.5 Å². The normalized spacial score (nSPS) is 13.1. The van der Waals surface area contributed by atoms with Gasteiger partial charge in [0.25, 0.3) is 0 Å². The van der Waals surface area contributed by atoms with Crippen molar-refractivity contribution in [1.82, 2.24) is 4.31 Å². The fraction of sp³-hybridized carbons (Fsp3) is 0.500. The van der Waals surface area contributed by atoms with Crippen LogP contribution in [-0.2, 0) is 26.4 Å². The molecule has 0 spiro atoms. The van der Waals surface area contributed by atoms with Crippen molar-refractivity contribution >= 4 is 25.5 Å². The first-order chi connectivity index (χ1) is 9.03. The van der Waals surface area contributed by atoms with Gasteiger partial charge in [0.15, 0.2) is 14.9 Å². The van der Waals surface area contributed by atoms with E-state index in [0.29, 0.717) is 11.3 Å². The highest BCUT2D eigenvalue weighted by molar-refractivity contribution is 8.06. The first-order valence-electron chi connectivity index (χ1n) is 6.03. The average molecular weight is 320 g/mol. The largest absolute Gasteiger partial charge is 0.398 e. The second kappa shape index (κ2) is 6.11. The van der Waals surface area contributed by atoms with Crippen molar-refractivity contribution < 1.29 is 16.8 Å². The van der Waals surface area contributed by atoms with Crippen LogP contribution in [0.25, 0.3) is 0 Å². The average Bonchev–Trinajstić information content (AvgIpc) is 2.23. The Balaban J connectivity index is 3.11. The second-order valence-corrected chi connectivity index (χ2v) is 9.42. The SMILES string of the molecule is CC(C)N(Cc1ccccc1N)S(=O)(=O)CS(C)(=O)=O. The summed E-state index contributed by atoms with van der Waals surface area (Å²) in [6, 6.07) is 6.55. The molecular weight excluding hydrogens is 300 g/mol. The molecule has 114 valence electrons. The molecule has 0 saturated carbocycles. The Kier molecular flexibility index (Phi) is 5.17. The predicted molar refractivity (Wildman–Crippen MR) is 80.2 cm³/mol. The second-order valence-electron chi connectivity index (χ2n) is 4.99. The van der Waals surface area contributed by atoms with Crippen LogP contribution in [0, 0.1) is 0 Å². The third-order valence-electron chi connectivity index (χ3n) is 2.68. The Bertz CT molecular complexity index is 666. The third-order valence-corrected chi connectivity index (χ3v) is 6.85. The standard InChI is InChI=1S/C12H20N2O4S2/c1-10(2)14(20(17,18)9-19(3,15)16)8-11-6-4-5-7-12(11)13/h4-7,10H,8-9,13H2,1-3H3. The molecule has 2 N–H and O–H groups in total. The van der Waals surface area contributed by atoms with Gasteiger partial charge >= 0.3 is 0 Å². The minimum Gasteiger partial charge on any atom is -0.398 e. The smallest absolute Gasteiger partial charge is 0.229 e. The number of benzene rings is 1. The van der Waals surface area contributed by atoms with E-state index in [-0.39, 0.29) is 12.6 Å². The minimum atomic E-state index is -3.90. The van der Waals surface area contributed by atoms with Gasteiger partial charge in [-0.25, -0.2) is 16.8 Å². The number of hydrogen-bond donors (Lipinski definition) is 1. The summed E-state index contributed by atoms with van der Waals surface area (Å²) < 4.78 is 48.1. The summed E-state index contributed by atoms with van der Waals surface area (Å²) in [5.41, 5.74) is 6.93. The zero-order valence-corrected chi connectivity index (χ0v) is 13.4. The number of hydrogen-bond acceptors (Lipinski definition) is 5. The molecule has 1 aromatic carbocycles. The van der Waals surface area contributed by atoms with Gasteiger partial charge in [0.2, 0.25) is 10.0 Å². The first kappa shape index (κ1) is 16.9. The van der Waals surface area contributed by atoms with Crippen LogP contribution < -0.4 is 5.73 Å². The zero-order valence-electron chi connectivity index (χ0n) is 11.8. The monoisotopic (exact) mass is 320 g/mol. The van der Waals surface area contributed by atoms with Gasteiger partial charge in [0, 0.05) is 24.5 Å². The highest BCUT2D eigenvalue weighted by atomic mass is 32.3. The molecular formula is C12H20N2O4S2. The van der Waals surface area contributed by atoms with Crippen LogP contribution in [0.15, 0.2) is 24.3 Å². The summed E-state index contributed by atoms with van der Waals surface area (Å²) in [6.07, 6.45) is 0.903. The van der Waals surface area contributed by atoms with E-state index in [9.17, 15) is 16.8 Å². The fourth-order valence-electron chi connectivity index (χ4n) is 1.79. The number of rotatable bonds is 6. The van der Waals surface area contributed by atoms with Crippen LogP contribution in [0.1, 0.15) is 19.4 Å². The molecule has 1 rings (SSSR count). The lowest BCUT2D eigenvalue weighted by atomic mass is 10.2. The van der Waals surface area contributed by atoms with Crippen molar-refractivity contribution in [1.29, 1.82) is 0 Å². The van der Waals surface area contributed by atoms with Crippen molar-refractivity contribution in [2.75, 3.05) is 17.1 Å². The fourth-order valence-corrected chi connectivity index (χ4v) is 5.47. The molecule has 20 heavy (non-hydrogen) atoms. The van der Waals surface area contributed by atoms with Crippen LogP contribution in [0.5, 0.6) is 0 Å². The number of sulfone groups is 1. The lowest BCUT2D eigenvalue weighted by Gasteiger charge is -2.26. The number of nitrogens with zero attached hydrogens (tertiary/aromatic N) is 1. The number of nitrogen functional groups attached to an aromatic ring is 1. The molecule has 0 atom stereocenters. The Morgan fingerprint density at radius 3 is 2.15 bits per heavy atom. The minimum absolute atomic E-state index is 0.0577. The molecule has 0 aromatic heterocycles. The summed E-state index contributed by atoms with van der Waals surface area (Å²) in [5, 5.41) is -0.898. The predicted octanol–water partition coefficient (Wildman–Crippen LogP) is 0.811. The maximum absolute atomic E-state index is 12.2. The van der Waals surface area contributed by atoms with E-state index in [4.69, 9.17) is 5.73 Å². The topological polar surface area (TPSA) is 97.5 Å². The van der Waals surface area contributed by atoms with E-state index >= 15 is 0 Å². The summed E-state index contributed by atoms with van der Waals surface area (Å²) in [7, 11) is -7.53.